The standard InChI is InChI=1S/C17H20FN3O3S/c1-24-15-12-13(18)5-6-14(15)20-8-10-21(11-9-20)17-16(25(2,22)23)4-3-7-19-17/h3-7,12H,8-11H2,1-2H3. The first-order chi connectivity index (χ1) is 11.9. The average molecular weight is 365 g/mol. The lowest BCUT2D eigenvalue weighted by molar-refractivity contribution is 0.410. The van der Waals surface area contributed by atoms with Gasteiger partial charge in [0.25, 0.3) is 0 Å². The summed E-state index contributed by atoms with van der Waals surface area (Å²) in [6, 6.07) is 7.67. The fourth-order valence-electron chi connectivity index (χ4n) is 2.98. The van der Waals surface area contributed by atoms with Crippen LogP contribution in [0.25, 0.3) is 0 Å². The predicted molar refractivity (Wildman–Crippen MR) is 94.7 cm³/mol. The van der Waals surface area contributed by atoms with Gasteiger partial charge in [-0.2, -0.15) is 0 Å². The summed E-state index contributed by atoms with van der Waals surface area (Å²) in [6.07, 6.45) is 2.78. The van der Waals surface area contributed by atoms with Crippen molar-refractivity contribution in [3.05, 3.63) is 42.3 Å². The van der Waals surface area contributed by atoms with Gasteiger partial charge < -0.3 is 14.5 Å². The molecule has 1 aromatic carbocycles. The minimum absolute atomic E-state index is 0.239. The van der Waals surface area contributed by atoms with Gasteiger partial charge in [-0.15, -0.1) is 0 Å². The van der Waals surface area contributed by atoms with Crippen molar-refractivity contribution >= 4 is 21.3 Å². The van der Waals surface area contributed by atoms with E-state index < -0.39 is 9.84 Å². The van der Waals surface area contributed by atoms with Crippen LogP contribution in [-0.4, -0.2) is 52.9 Å². The number of hydrogen-bond acceptors (Lipinski definition) is 6. The normalized spacial score (nSPS) is 15.3. The number of halogens is 1. The van der Waals surface area contributed by atoms with E-state index in [0.29, 0.717) is 37.7 Å². The highest BCUT2D eigenvalue weighted by Gasteiger charge is 2.24. The van der Waals surface area contributed by atoms with E-state index in [-0.39, 0.29) is 10.7 Å². The minimum atomic E-state index is -3.34. The second-order valence-corrected chi connectivity index (χ2v) is 7.87. The summed E-state index contributed by atoms with van der Waals surface area (Å²) in [5.41, 5.74) is 0.827. The molecule has 0 aliphatic carbocycles. The lowest BCUT2D eigenvalue weighted by Gasteiger charge is -2.37. The number of benzene rings is 1. The molecule has 8 heteroatoms. The fourth-order valence-corrected chi connectivity index (χ4v) is 3.82. The number of pyridine rings is 1. The Hall–Kier alpha value is -2.35. The lowest BCUT2D eigenvalue weighted by atomic mass is 10.2. The van der Waals surface area contributed by atoms with Crippen molar-refractivity contribution in [1.82, 2.24) is 4.98 Å². The van der Waals surface area contributed by atoms with E-state index in [1.54, 1.807) is 24.4 Å². The number of sulfone groups is 1. The zero-order valence-corrected chi connectivity index (χ0v) is 15.0. The van der Waals surface area contributed by atoms with E-state index in [1.165, 1.54) is 25.5 Å². The molecule has 1 saturated heterocycles. The second-order valence-electron chi connectivity index (χ2n) is 5.89. The van der Waals surface area contributed by atoms with Gasteiger partial charge in [-0.3, -0.25) is 0 Å². The van der Waals surface area contributed by atoms with Gasteiger partial charge in [0, 0.05) is 44.7 Å². The first-order valence-electron chi connectivity index (χ1n) is 7.88. The van der Waals surface area contributed by atoms with Crippen LogP contribution < -0.4 is 14.5 Å². The van der Waals surface area contributed by atoms with Crippen LogP contribution in [0.5, 0.6) is 5.75 Å². The number of aromatic nitrogens is 1. The molecule has 25 heavy (non-hydrogen) atoms. The molecular formula is C17H20FN3O3S. The van der Waals surface area contributed by atoms with E-state index in [0.717, 1.165) is 5.69 Å². The predicted octanol–water partition coefficient (Wildman–Crippen LogP) is 1.96. The molecule has 134 valence electrons. The second kappa shape index (κ2) is 6.87. The summed E-state index contributed by atoms with van der Waals surface area (Å²) < 4.78 is 42.6. The van der Waals surface area contributed by atoms with E-state index in [9.17, 15) is 12.8 Å². The summed E-state index contributed by atoms with van der Waals surface area (Å²) in [4.78, 5) is 8.56. The molecule has 0 N–H and O–H groups in total. The van der Waals surface area contributed by atoms with Crippen LogP contribution in [0.3, 0.4) is 0 Å². The van der Waals surface area contributed by atoms with Crippen molar-refractivity contribution in [2.75, 3.05) is 49.3 Å². The maximum atomic E-state index is 13.4. The Labute approximate surface area is 146 Å². The quantitative estimate of drug-likeness (QED) is 0.825. The van der Waals surface area contributed by atoms with Crippen LogP contribution in [-0.2, 0) is 9.84 Å². The van der Waals surface area contributed by atoms with Crippen LogP contribution in [0, 0.1) is 5.82 Å². The molecule has 0 saturated carbocycles. The summed E-state index contributed by atoms with van der Waals surface area (Å²) in [5, 5.41) is 0. The van der Waals surface area contributed by atoms with Gasteiger partial charge in [0.15, 0.2) is 9.84 Å². The first kappa shape index (κ1) is 17.5. The zero-order chi connectivity index (χ0) is 18.0. The SMILES string of the molecule is COc1cc(F)ccc1N1CCN(c2ncccc2S(C)(=O)=O)CC1. The van der Waals surface area contributed by atoms with Crippen LogP contribution in [0.1, 0.15) is 0 Å². The number of nitrogens with zero attached hydrogens (tertiary/aromatic N) is 3. The Balaban J connectivity index is 1.80. The summed E-state index contributed by atoms with van der Waals surface area (Å²) in [5.74, 6) is 0.629. The Morgan fingerprint density at radius 1 is 1.12 bits per heavy atom. The van der Waals surface area contributed by atoms with Crippen molar-refractivity contribution in [3.8, 4) is 5.75 Å². The molecule has 2 heterocycles. The molecule has 0 amide bonds. The smallest absolute Gasteiger partial charge is 0.179 e. The first-order valence-corrected chi connectivity index (χ1v) is 9.78. The van der Waals surface area contributed by atoms with Crippen molar-refractivity contribution in [2.45, 2.75) is 4.90 Å². The molecule has 1 aromatic heterocycles. The van der Waals surface area contributed by atoms with Gasteiger partial charge in [0.1, 0.15) is 22.3 Å². The van der Waals surface area contributed by atoms with Crippen molar-refractivity contribution in [1.29, 1.82) is 0 Å². The maximum absolute atomic E-state index is 13.4. The topological polar surface area (TPSA) is 62.7 Å². The third-order valence-electron chi connectivity index (χ3n) is 4.21. The molecule has 1 aliphatic rings. The van der Waals surface area contributed by atoms with Gasteiger partial charge in [-0.25, -0.2) is 17.8 Å². The molecule has 2 aromatic rings. The summed E-state index contributed by atoms with van der Waals surface area (Å²) in [6.45, 7) is 2.53. The number of hydrogen-bond donors (Lipinski definition) is 0. The maximum Gasteiger partial charge on any atom is 0.179 e. The molecule has 0 unspecified atom stereocenters. The van der Waals surface area contributed by atoms with Crippen LogP contribution in [0.2, 0.25) is 0 Å². The average Bonchev–Trinajstić information content (AvgIpc) is 2.61. The van der Waals surface area contributed by atoms with Crippen LogP contribution >= 0.6 is 0 Å². The molecule has 6 nitrogen and oxygen atoms in total. The highest BCUT2D eigenvalue weighted by Crippen LogP contribution is 2.31. The molecular weight excluding hydrogens is 345 g/mol. The fraction of sp³-hybridized carbons (Fsp3) is 0.353. The molecule has 1 fully saturated rings. The monoisotopic (exact) mass is 365 g/mol. The molecule has 0 atom stereocenters. The molecule has 1 aliphatic heterocycles. The van der Waals surface area contributed by atoms with Gasteiger partial charge in [0.05, 0.1) is 12.8 Å². The number of piperazine rings is 1. The van der Waals surface area contributed by atoms with Gasteiger partial charge in [0.2, 0.25) is 0 Å². The molecule has 3 rings (SSSR count). The molecule has 0 spiro atoms. The van der Waals surface area contributed by atoms with E-state index in [1.807, 2.05) is 4.90 Å². The Morgan fingerprint density at radius 3 is 2.44 bits per heavy atom. The Morgan fingerprint density at radius 2 is 1.80 bits per heavy atom. The highest BCUT2D eigenvalue weighted by molar-refractivity contribution is 7.90. The number of anilines is 2. The third kappa shape index (κ3) is 3.68. The van der Waals surface area contributed by atoms with Crippen molar-refractivity contribution in [3.63, 3.8) is 0 Å². The number of rotatable bonds is 4. The van der Waals surface area contributed by atoms with E-state index in [4.69, 9.17) is 4.74 Å². The van der Waals surface area contributed by atoms with Crippen LogP contribution in [0.4, 0.5) is 15.9 Å². The van der Waals surface area contributed by atoms with E-state index in [2.05, 4.69) is 9.88 Å². The van der Waals surface area contributed by atoms with Crippen molar-refractivity contribution < 1.29 is 17.5 Å². The lowest BCUT2D eigenvalue weighted by Crippen LogP contribution is -2.47. The minimum Gasteiger partial charge on any atom is -0.494 e. The van der Waals surface area contributed by atoms with E-state index >= 15 is 0 Å². The summed E-state index contributed by atoms with van der Waals surface area (Å²) >= 11 is 0. The van der Waals surface area contributed by atoms with Gasteiger partial charge >= 0.3 is 0 Å². The van der Waals surface area contributed by atoms with Crippen molar-refractivity contribution in [2.24, 2.45) is 0 Å². The molecule has 0 radical (unpaired) electrons. The Kier molecular flexibility index (Phi) is 4.80. The summed E-state index contributed by atoms with van der Waals surface area (Å²) in [7, 11) is -1.83. The number of ether oxygens (including phenoxy) is 1. The van der Waals surface area contributed by atoms with Gasteiger partial charge in [-0.1, -0.05) is 0 Å². The number of methoxy groups -OCH3 is 1. The molecule has 0 bridgehead atoms. The van der Waals surface area contributed by atoms with Crippen LogP contribution in [0.15, 0.2) is 41.4 Å². The Bertz CT molecular complexity index is 865. The zero-order valence-electron chi connectivity index (χ0n) is 14.1. The van der Waals surface area contributed by atoms with Gasteiger partial charge in [-0.05, 0) is 24.3 Å². The highest BCUT2D eigenvalue weighted by atomic mass is 32.2. The largest absolute Gasteiger partial charge is 0.494 e. The third-order valence-corrected chi connectivity index (χ3v) is 5.33.